The predicted octanol–water partition coefficient (Wildman–Crippen LogP) is 4.44. The Morgan fingerprint density at radius 3 is 2.43 bits per heavy atom. The van der Waals surface area contributed by atoms with Gasteiger partial charge in [-0.05, 0) is 74.5 Å². The van der Waals surface area contributed by atoms with Crippen LogP contribution in [0.25, 0.3) is 0 Å². The molecule has 0 saturated heterocycles. The molecule has 4 saturated carbocycles. The van der Waals surface area contributed by atoms with Crippen LogP contribution >= 0.6 is 0 Å². The van der Waals surface area contributed by atoms with Gasteiger partial charge in [-0.1, -0.05) is 20.3 Å². The van der Waals surface area contributed by atoms with Gasteiger partial charge in [-0.2, -0.15) is 0 Å². The molecule has 1 N–H and O–H groups in total. The molecular weight excluding hydrogens is 288 g/mol. The van der Waals surface area contributed by atoms with Crippen LogP contribution in [0.5, 0.6) is 0 Å². The number of ketones is 1. The number of hydrogen-bond acceptors (Lipinski definition) is 2. The first kappa shape index (κ1) is 15.7. The van der Waals surface area contributed by atoms with Crippen molar-refractivity contribution in [3.8, 4) is 0 Å². The summed E-state index contributed by atoms with van der Waals surface area (Å²) in [6.45, 7) is 6.54. The van der Waals surface area contributed by atoms with Crippen molar-refractivity contribution < 1.29 is 14.7 Å². The van der Waals surface area contributed by atoms with Gasteiger partial charge in [0.05, 0.1) is 5.41 Å². The number of aliphatic carboxylic acids is 1. The predicted molar refractivity (Wildman–Crippen MR) is 87.9 cm³/mol. The molecule has 4 fully saturated rings. The highest BCUT2D eigenvalue weighted by atomic mass is 16.4. The molecule has 4 aliphatic rings. The molecular formula is C20H30O3. The van der Waals surface area contributed by atoms with Gasteiger partial charge in [0.1, 0.15) is 5.78 Å². The third-order valence-corrected chi connectivity index (χ3v) is 8.84. The van der Waals surface area contributed by atoms with E-state index in [9.17, 15) is 14.7 Å². The Morgan fingerprint density at radius 2 is 1.74 bits per heavy atom. The molecule has 0 unspecified atom stereocenters. The van der Waals surface area contributed by atoms with Gasteiger partial charge >= 0.3 is 5.97 Å². The maximum Gasteiger partial charge on any atom is 0.309 e. The Hall–Kier alpha value is -0.860. The summed E-state index contributed by atoms with van der Waals surface area (Å²) in [4.78, 5) is 24.7. The average molecular weight is 318 g/mol. The zero-order valence-electron chi connectivity index (χ0n) is 14.8. The molecule has 1 spiro atoms. The van der Waals surface area contributed by atoms with Crippen LogP contribution in [-0.4, -0.2) is 16.9 Å². The van der Waals surface area contributed by atoms with E-state index in [4.69, 9.17) is 0 Å². The smallest absolute Gasteiger partial charge is 0.309 e. The largest absolute Gasteiger partial charge is 0.481 e. The topological polar surface area (TPSA) is 54.4 Å². The summed E-state index contributed by atoms with van der Waals surface area (Å²) in [7, 11) is 0. The molecule has 23 heavy (non-hydrogen) atoms. The molecule has 0 aromatic carbocycles. The Bertz CT molecular complexity index is 583. The number of carboxylic acids is 1. The quantitative estimate of drug-likeness (QED) is 0.777. The van der Waals surface area contributed by atoms with Gasteiger partial charge in [0, 0.05) is 11.8 Å². The van der Waals surface area contributed by atoms with Crippen molar-refractivity contribution in [2.45, 2.75) is 78.6 Å². The number of Topliss-reactive ketones (excluding diaryl/α,β-unsaturated/α-hetero) is 1. The van der Waals surface area contributed by atoms with Crippen molar-refractivity contribution >= 4 is 11.8 Å². The normalized spacial score (nSPS) is 55.2. The minimum atomic E-state index is -0.604. The monoisotopic (exact) mass is 318 g/mol. The molecule has 0 heterocycles. The van der Waals surface area contributed by atoms with E-state index in [0.29, 0.717) is 11.7 Å². The van der Waals surface area contributed by atoms with Gasteiger partial charge in [0.2, 0.25) is 0 Å². The van der Waals surface area contributed by atoms with Gasteiger partial charge in [-0.15, -0.1) is 0 Å². The summed E-state index contributed by atoms with van der Waals surface area (Å²) in [6, 6.07) is 0. The van der Waals surface area contributed by atoms with E-state index < -0.39 is 11.4 Å². The number of carbonyl (C=O) groups excluding carboxylic acids is 1. The van der Waals surface area contributed by atoms with Crippen LogP contribution in [0.1, 0.15) is 78.6 Å². The van der Waals surface area contributed by atoms with Gasteiger partial charge in [-0.25, -0.2) is 0 Å². The lowest BCUT2D eigenvalue weighted by Gasteiger charge is -2.63. The second-order valence-corrected chi connectivity index (χ2v) is 9.96. The third kappa shape index (κ3) is 1.77. The Labute approximate surface area is 139 Å². The van der Waals surface area contributed by atoms with Crippen LogP contribution in [0.3, 0.4) is 0 Å². The van der Waals surface area contributed by atoms with Gasteiger partial charge in [0.25, 0.3) is 0 Å². The lowest BCUT2D eigenvalue weighted by Crippen LogP contribution is -2.58. The molecule has 3 heteroatoms. The molecule has 0 aliphatic heterocycles. The number of carboxylic acid groups (broad SMARTS) is 1. The summed E-state index contributed by atoms with van der Waals surface area (Å²) < 4.78 is 0. The van der Waals surface area contributed by atoms with Crippen LogP contribution in [0.15, 0.2) is 0 Å². The fourth-order valence-electron chi connectivity index (χ4n) is 7.76. The number of rotatable bonds is 1. The molecule has 3 nitrogen and oxygen atoms in total. The van der Waals surface area contributed by atoms with E-state index in [1.54, 1.807) is 0 Å². The van der Waals surface area contributed by atoms with Crippen molar-refractivity contribution in [2.24, 2.45) is 33.5 Å². The summed E-state index contributed by atoms with van der Waals surface area (Å²) in [5.74, 6) is 0.704. The maximum absolute atomic E-state index is 12.6. The molecule has 128 valence electrons. The van der Waals surface area contributed by atoms with Crippen molar-refractivity contribution in [2.75, 3.05) is 0 Å². The Kier molecular flexibility index (Phi) is 3.00. The van der Waals surface area contributed by atoms with E-state index in [1.807, 2.05) is 6.92 Å². The molecule has 4 rings (SSSR count). The highest BCUT2D eigenvalue weighted by Crippen LogP contribution is 2.72. The van der Waals surface area contributed by atoms with Gasteiger partial charge in [-0.3, -0.25) is 9.59 Å². The Morgan fingerprint density at radius 1 is 1.04 bits per heavy atom. The average Bonchev–Trinajstić information content (AvgIpc) is 2.63. The minimum Gasteiger partial charge on any atom is -0.481 e. The number of hydrogen-bond donors (Lipinski definition) is 1. The highest BCUT2D eigenvalue weighted by Gasteiger charge is 2.68. The summed E-state index contributed by atoms with van der Waals surface area (Å²) >= 11 is 0. The van der Waals surface area contributed by atoms with E-state index in [2.05, 4.69) is 13.8 Å². The number of carbonyl (C=O) groups is 2. The van der Waals surface area contributed by atoms with Crippen LogP contribution in [0.2, 0.25) is 0 Å². The first-order valence-corrected chi connectivity index (χ1v) is 9.43. The summed E-state index contributed by atoms with van der Waals surface area (Å²) in [5.41, 5.74) is -0.357. The van der Waals surface area contributed by atoms with E-state index in [-0.39, 0.29) is 22.2 Å². The molecule has 0 amide bonds. The first-order chi connectivity index (χ1) is 10.7. The molecule has 4 aliphatic carbocycles. The lowest BCUT2D eigenvalue weighted by atomic mass is 9.40. The third-order valence-electron chi connectivity index (χ3n) is 8.84. The first-order valence-electron chi connectivity index (χ1n) is 9.43. The standard InChI is InChI=1S/C20H30O3/c1-17-9-5-14-18(2)7-4-8-19(3,16(22)23)13(18)6-10-20(14,12-17)11-15(17)21/h13-14H,4-12H2,1-3H3,(H,22,23)/t13-,14-,17-,18-,19+,20-/m0/s1. The summed E-state index contributed by atoms with van der Waals surface area (Å²) in [6.07, 6.45) is 9.04. The zero-order valence-corrected chi connectivity index (χ0v) is 14.8. The van der Waals surface area contributed by atoms with Gasteiger partial charge in [0.15, 0.2) is 0 Å². The van der Waals surface area contributed by atoms with Crippen LogP contribution in [0, 0.1) is 33.5 Å². The van der Waals surface area contributed by atoms with Crippen molar-refractivity contribution in [3.05, 3.63) is 0 Å². The molecule has 0 radical (unpaired) electrons. The molecule has 0 aromatic rings. The fourth-order valence-corrected chi connectivity index (χ4v) is 7.76. The van der Waals surface area contributed by atoms with Crippen molar-refractivity contribution in [3.63, 3.8) is 0 Å². The zero-order chi connectivity index (χ0) is 16.7. The van der Waals surface area contributed by atoms with E-state index >= 15 is 0 Å². The fraction of sp³-hybridized carbons (Fsp3) is 0.900. The van der Waals surface area contributed by atoms with Crippen LogP contribution in [-0.2, 0) is 9.59 Å². The Balaban J connectivity index is 1.76. The molecule has 2 bridgehead atoms. The maximum atomic E-state index is 12.6. The molecule has 6 atom stereocenters. The number of fused-ring (bicyclic) bond motifs is 3. The van der Waals surface area contributed by atoms with Gasteiger partial charge < -0.3 is 5.11 Å². The highest BCUT2D eigenvalue weighted by molar-refractivity contribution is 5.88. The second kappa shape index (κ2) is 4.40. The SMILES string of the molecule is C[C@@]12CC[C@@H]3[C@@](CC[C@H]4[C@]3(C)CCC[C@@]4(C)C(=O)O)(CC1=O)C2. The van der Waals surface area contributed by atoms with E-state index in [0.717, 1.165) is 57.8 Å². The van der Waals surface area contributed by atoms with Crippen LogP contribution < -0.4 is 0 Å². The van der Waals surface area contributed by atoms with Crippen molar-refractivity contribution in [1.29, 1.82) is 0 Å². The lowest BCUT2D eigenvalue weighted by molar-refractivity contribution is -0.182. The van der Waals surface area contributed by atoms with E-state index in [1.165, 1.54) is 0 Å². The molecule has 0 aromatic heterocycles. The summed E-state index contributed by atoms with van der Waals surface area (Å²) in [5, 5.41) is 9.91. The second-order valence-electron chi connectivity index (χ2n) is 9.96. The van der Waals surface area contributed by atoms with Crippen LogP contribution in [0.4, 0.5) is 0 Å². The minimum absolute atomic E-state index is 0.0789. The van der Waals surface area contributed by atoms with Crippen molar-refractivity contribution in [1.82, 2.24) is 0 Å².